The van der Waals surface area contributed by atoms with Crippen molar-refractivity contribution >= 4 is 11.9 Å². The number of esters is 1. The number of hydrogen-bond acceptors (Lipinski definition) is 7. The summed E-state index contributed by atoms with van der Waals surface area (Å²) in [6.45, 7) is 3.94. The highest BCUT2D eigenvalue weighted by molar-refractivity contribution is 5.93. The van der Waals surface area contributed by atoms with Crippen molar-refractivity contribution in [2.45, 2.75) is 39.0 Å². The molecule has 0 unspecified atom stereocenters. The molecule has 0 N–H and O–H groups in total. The molecule has 1 amide bonds. The molecule has 0 aliphatic carbocycles. The molecule has 9 nitrogen and oxygen atoms in total. The SMILES string of the molecule is CCOC(=O)C1CCN(C(=O)c2nnn3c2CO[C@@H](c2ccc(OC)cc2)C3)CC1. The molecule has 0 spiro atoms. The standard InChI is InChI=1S/C21H26N4O5/c1-3-29-21(27)15-8-10-24(11-9-15)20(26)19-17-13-30-18(12-25(17)23-22-19)14-4-6-16(28-2)7-5-14/h4-7,15,18H,3,8-13H2,1-2H3/t18-/m1/s1. The van der Waals surface area contributed by atoms with E-state index in [0.717, 1.165) is 11.3 Å². The van der Waals surface area contributed by atoms with Crippen molar-refractivity contribution in [3.63, 3.8) is 0 Å². The maximum Gasteiger partial charge on any atom is 0.309 e. The Kier molecular flexibility index (Phi) is 5.98. The third-order valence-corrected chi connectivity index (χ3v) is 5.69. The largest absolute Gasteiger partial charge is 0.497 e. The van der Waals surface area contributed by atoms with E-state index < -0.39 is 0 Å². The van der Waals surface area contributed by atoms with Gasteiger partial charge in [0.25, 0.3) is 5.91 Å². The fourth-order valence-electron chi connectivity index (χ4n) is 3.93. The molecule has 2 aromatic rings. The van der Waals surface area contributed by atoms with Gasteiger partial charge in [0.1, 0.15) is 11.9 Å². The minimum atomic E-state index is -0.177. The maximum absolute atomic E-state index is 13.0. The summed E-state index contributed by atoms with van der Waals surface area (Å²) in [5.41, 5.74) is 2.04. The van der Waals surface area contributed by atoms with Gasteiger partial charge in [-0.1, -0.05) is 17.3 Å². The van der Waals surface area contributed by atoms with E-state index >= 15 is 0 Å². The van der Waals surface area contributed by atoms with Crippen molar-refractivity contribution in [2.24, 2.45) is 5.92 Å². The Hall–Kier alpha value is -2.94. The van der Waals surface area contributed by atoms with E-state index in [1.54, 1.807) is 23.6 Å². The number of amides is 1. The number of likely N-dealkylation sites (tertiary alicyclic amines) is 1. The average molecular weight is 414 g/mol. The molecule has 0 saturated carbocycles. The molecule has 2 aliphatic rings. The van der Waals surface area contributed by atoms with Gasteiger partial charge in [-0.3, -0.25) is 9.59 Å². The van der Waals surface area contributed by atoms with Crippen LogP contribution < -0.4 is 4.74 Å². The number of fused-ring (bicyclic) bond motifs is 1. The van der Waals surface area contributed by atoms with Crippen LogP contribution in [0, 0.1) is 5.92 Å². The number of carbonyl (C=O) groups is 2. The number of methoxy groups -OCH3 is 1. The van der Waals surface area contributed by atoms with Crippen LogP contribution in [0.4, 0.5) is 0 Å². The van der Waals surface area contributed by atoms with Crippen molar-refractivity contribution in [1.29, 1.82) is 0 Å². The van der Waals surface area contributed by atoms with Crippen LogP contribution in [-0.2, 0) is 27.4 Å². The van der Waals surface area contributed by atoms with E-state index in [1.165, 1.54) is 0 Å². The molecule has 1 aromatic carbocycles. The number of rotatable bonds is 5. The summed E-state index contributed by atoms with van der Waals surface area (Å²) < 4.78 is 18.0. The predicted molar refractivity (Wildman–Crippen MR) is 106 cm³/mol. The van der Waals surface area contributed by atoms with Gasteiger partial charge >= 0.3 is 5.97 Å². The van der Waals surface area contributed by atoms with Gasteiger partial charge in [-0.25, -0.2) is 4.68 Å². The molecule has 1 aromatic heterocycles. The Morgan fingerprint density at radius 3 is 2.60 bits per heavy atom. The van der Waals surface area contributed by atoms with E-state index in [4.69, 9.17) is 14.2 Å². The van der Waals surface area contributed by atoms with E-state index in [9.17, 15) is 9.59 Å². The van der Waals surface area contributed by atoms with Gasteiger partial charge in [0.15, 0.2) is 5.69 Å². The summed E-state index contributed by atoms with van der Waals surface area (Å²) in [5.74, 6) is 0.306. The number of ether oxygens (including phenoxy) is 3. The number of benzene rings is 1. The molecule has 1 atom stereocenters. The molecular formula is C21H26N4O5. The molecule has 1 fully saturated rings. The average Bonchev–Trinajstić information content (AvgIpc) is 3.22. The molecule has 2 aliphatic heterocycles. The Morgan fingerprint density at radius 2 is 1.93 bits per heavy atom. The Bertz CT molecular complexity index is 903. The lowest BCUT2D eigenvalue weighted by molar-refractivity contribution is -0.149. The molecule has 0 radical (unpaired) electrons. The number of aromatic nitrogens is 3. The summed E-state index contributed by atoms with van der Waals surface area (Å²) >= 11 is 0. The first-order valence-corrected chi connectivity index (χ1v) is 10.2. The molecule has 1 saturated heterocycles. The van der Waals surface area contributed by atoms with Crippen LogP contribution in [-0.4, -0.2) is 58.6 Å². The van der Waals surface area contributed by atoms with Crippen molar-refractivity contribution in [1.82, 2.24) is 19.9 Å². The quantitative estimate of drug-likeness (QED) is 0.690. The van der Waals surface area contributed by atoms with Crippen LogP contribution in [0.3, 0.4) is 0 Å². The number of piperidine rings is 1. The zero-order valence-electron chi connectivity index (χ0n) is 17.2. The summed E-state index contributed by atoms with van der Waals surface area (Å²) in [6.07, 6.45) is 1.04. The van der Waals surface area contributed by atoms with Crippen LogP contribution in [0.2, 0.25) is 0 Å². The van der Waals surface area contributed by atoms with Crippen LogP contribution >= 0.6 is 0 Å². The van der Waals surface area contributed by atoms with Crippen molar-refractivity contribution in [3.8, 4) is 5.75 Å². The lowest BCUT2D eigenvalue weighted by Gasteiger charge is -2.31. The zero-order valence-corrected chi connectivity index (χ0v) is 17.2. The molecule has 9 heteroatoms. The van der Waals surface area contributed by atoms with Gasteiger partial charge in [0, 0.05) is 13.1 Å². The van der Waals surface area contributed by atoms with Crippen LogP contribution in [0.1, 0.15) is 47.6 Å². The van der Waals surface area contributed by atoms with Gasteiger partial charge in [0.05, 0.1) is 38.5 Å². The number of carbonyl (C=O) groups excluding carboxylic acids is 2. The third kappa shape index (κ3) is 4.02. The molecule has 30 heavy (non-hydrogen) atoms. The zero-order chi connectivity index (χ0) is 21.1. The summed E-state index contributed by atoms with van der Waals surface area (Å²) in [6, 6.07) is 7.71. The predicted octanol–water partition coefficient (Wildman–Crippen LogP) is 1.97. The van der Waals surface area contributed by atoms with E-state index in [1.807, 2.05) is 24.3 Å². The van der Waals surface area contributed by atoms with E-state index in [2.05, 4.69) is 10.3 Å². The number of hydrogen-bond donors (Lipinski definition) is 0. The van der Waals surface area contributed by atoms with Crippen molar-refractivity contribution in [2.75, 3.05) is 26.8 Å². The molecule has 3 heterocycles. The Balaban J connectivity index is 1.40. The maximum atomic E-state index is 13.0. The normalized spacial score (nSPS) is 19.3. The molecule has 160 valence electrons. The van der Waals surface area contributed by atoms with Crippen LogP contribution in [0.15, 0.2) is 24.3 Å². The van der Waals surface area contributed by atoms with E-state index in [-0.39, 0.29) is 30.5 Å². The van der Waals surface area contributed by atoms with Gasteiger partial charge in [0.2, 0.25) is 0 Å². The number of nitrogens with zero attached hydrogens (tertiary/aromatic N) is 4. The van der Waals surface area contributed by atoms with E-state index in [0.29, 0.717) is 50.5 Å². The van der Waals surface area contributed by atoms with Crippen LogP contribution in [0.5, 0.6) is 5.75 Å². The monoisotopic (exact) mass is 414 g/mol. The fraction of sp³-hybridized carbons (Fsp3) is 0.524. The second-order valence-electron chi connectivity index (χ2n) is 7.46. The van der Waals surface area contributed by atoms with Gasteiger partial charge < -0.3 is 19.1 Å². The molecule has 4 rings (SSSR count). The van der Waals surface area contributed by atoms with Crippen molar-refractivity contribution in [3.05, 3.63) is 41.2 Å². The Morgan fingerprint density at radius 1 is 1.20 bits per heavy atom. The van der Waals surface area contributed by atoms with Gasteiger partial charge in [-0.15, -0.1) is 5.10 Å². The van der Waals surface area contributed by atoms with Crippen molar-refractivity contribution < 1.29 is 23.8 Å². The highest BCUT2D eigenvalue weighted by Gasteiger charge is 2.33. The lowest BCUT2D eigenvalue weighted by atomic mass is 9.96. The minimum absolute atomic E-state index is 0.142. The smallest absolute Gasteiger partial charge is 0.309 e. The third-order valence-electron chi connectivity index (χ3n) is 5.69. The highest BCUT2D eigenvalue weighted by atomic mass is 16.5. The summed E-state index contributed by atoms with van der Waals surface area (Å²) in [4.78, 5) is 26.6. The topological polar surface area (TPSA) is 95.8 Å². The second-order valence-corrected chi connectivity index (χ2v) is 7.46. The molecule has 0 bridgehead atoms. The molecular weight excluding hydrogens is 388 g/mol. The van der Waals surface area contributed by atoms with Gasteiger partial charge in [-0.05, 0) is 37.5 Å². The van der Waals surface area contributed by atoms with Gasteiger partial charge in [-0.2, -0.15) is 0 Å². The minimum Gasteiger partial charge on any atom is -0.497 e. The summed E-state index contributed by atoms with van der Waals surface area (Å²) in [7, 11) is 1.63. The second kappa shape index (κ2) is 8.83. The summed E-state index contributed by atoms with van der Waals surface area (Å²) in [5, 5.41) is 8.33. The lowest BCUT2D eigenvalue weighted by Crippen LogP contribution is -2.41. The van der Waals surface area contributed by atoms with Crippen LogP contribution in [0.25, 0.3) is 0 Å². The highest BCUT2D eigenvalue weighted by Crippen LogP contribution is 2.29. The first-order chi connectivity index (χ1) is 14.6. The first kappa shape index (κ1) is 20.3. The Labute approximate surface area is 174 Å². The first-order valence-electron chi connectivity index (χ1n) is 10.2. The fourth-order valence-corrected chi connectivity index (χ4v) is 3.93.